The Hall–Kier alpha value is -2.50. The summed E-state index contributed by atoms with van der Waals surface area (Å²) in [6, 6.07) is -0.699. The van der Waals surface area contributed by atoms with Crippen LogP contribution in [0.3, 0.4) is 0 Å². The molecule has 0 aromatic carbocycles. The molecular formula is C21H30F4N4O4. The molecule has 2 heterocycles. The molecule has 1 N–H and O–H groups in total. The number of amides is 1. The van der Waals surface area contributed by atoms with Crippen molar-refractivity contribution >= 4 is 11.9 Å². The fourth-order valence-corrected chi connectivity index (χ4v) is 3.52. The molecule has 1 aromatic rings. The molecule has 1 aliphatic rings. The van der Waals surface area contributed by atoms with Gasteiger partial charge in [0, 0.05) is 38.7 Å². The molecule has 1 fully saturated rings. The third-order valence-electron chi connectivity index (χ3n) is 5.14. The fourth-order valence-electron chi connectivity index (χ4n) is 3.52. The minimum Gasteiger partial charge on any atom is -0.466 e. The van der Waals surface area contributed by atoms with E-state index in [-0.39, 0.29) is 63.7 Å². The van der Waals surface area contributed by atoms with E-state index in [0.29, 0.717) is 6.07 Å². The SMILES string of the molecule is CCOC(=O)CCNC(=O)C(CC(C)C)n1nc(CCN2CC(F)C2)c(C(F)(F)F)cc1=O. The average molecular weight is 478 g/mol. The number of aromatic nitrogens is 2. The molecule has 0 spiro atoms. The van der Waals surface area contributed by atoms with Gasteiger partial charge in [-0.3, -0.25) is 19.3 Å². The molecule has 8 nitrogen and oxygen atoms in total. The lowest BCUT2D eigenvalue weighted by molar-refractivity contribution is -0.143. The molecule has 1 saturated heterocycles. The van der Waals surface area contributed by atoms with Crippen molar-refractivity contribution < 1.29 is 31.9 Å². The standard InChI is InChI=1S/C21H30F4N4O4/c1-4-33-19(31)5-7-26-20(32)17(9-13(2)3)29-18(30)10-15(21(23,24)25)16(27-29)6-8-28-11-14(22)12-28/h10,13-14,17H,4-9,11-12H2,1-3H3,(H,26,32). The molecule has 0 bridgehead atoms. The summed E-state index contributed by atoms with van der Waals surface area (Å²) in [5.74, 6) is -1.21. The number of carbonyl (C=O) groups excluding carboxylic acids is 2. The smallest absolute Gasteiger partial charge is 0.418 e. The number of nitrogens with zero attached hydrogens (tertiary/aromatic N) is 3. The van der Waals surface area contributed by atoms with Gasteiger partial charge < -0.3 is 10.1 Å². The van der Waals surface area contributed by atoms with Crippen LogP contribution in [0.25, 0.3) is 0 Å². The summed E-state index contributed by atoms with van der Waals surface area (Å²) in [6.45, 7) is 5.81. The van der Waals surface area contributed by atoms with E-state index < -0.39 is 41.4 Å². The van der Waals surface area contributed by atoms with Crippen molar-refractivity contribution in [3.05, 3.63) is 27.7 Å². The van der Waals surface area contributed by atoms with E-state index in [2.05, 4.69) is 10.4 Å². The molecule has 0 radical (unpaired) electrons. The van der Waals surface area contributed by atoms with Crippen LogP contribution < -0.4 is 10.9 Å². The largest absolute Gasteiger partial charge is 0.466 e. The lowest BCUT2D eigenvalue weighted by Crippen LogP contribution is -2.49. The maximum Gasteiger partial charge on any atom is 0.418 e. The minimum absolute atomic E-state index is 0.0478. The molecule has 1 aliphatic heterocycles. The molecule has 186 valence electrons. The monoisotopic (exact) mass is 478 g/mol. The molecular weight excluding hydrogens is 448 g/mol. The van der Waals surface area contributed by atoms with Crippen LogP contribution in [0.2, 0.25) is 0 Å². The normalized spacial score (nSPS) is 15.9. The number of ether oxygens (including phenoxy) is 1. The van der Waals surface area contributed by atoms with Gasteiger partial charge in [0.25, 0.3) is 5.56 Å². The minimum atomic E-state index is -4.80. The van der Waals surface area contributed by atoms with E-state index in [1.165, 1.54) is 0 Å². The first kappa shape index (κ1) is 26.7. The fraction of sp³-hybridized carbons (Fsp3) is 0.714. The first-order valence-corrected chi connectivity index (χ1v) is 10.9. The quantitative estimate of drug-likeness (QED) is 0.387. The van der Waals surface area contributed by atoms with Crippen molar-refractivity contribution in [3.63, 3.8) is 0 Å². The number of esters is 1. The number of hydrogen-bond donors (Lipinski definition) is 1. The van der Waals surface area contributed by atoms with Crippen molar-refractivity contribution in [1.29, 1.82) is 0 Å². The molecule has 0 aliphatic carbocycles. The van der Waals surface area contributed by atoms with Gasteiger partial charge in [-0.25, -0.2) is 9.07 Å². The van der Waals surface area contributed by atoms with Gasteiger partial charge in [-0.05, 0) is 19.3 Å². The van der Waals surface area contributed by atoms with E-state index >= 15 is 0 Å². The second-order valence-electron chi connectivity index (χ2n) is 8.38. The highest BCUT2D eigenvalue weighted by atomic mass is 19.4. The van der Waals surface area contributed by atoms with Gasteiger partial charge in [-0.2, -0.15) is 18.3 Å². The molecule has 0 saturated carbocycles. The zero-order valence-electron chi connectivity index (χ0n) is 19.0. The van der Waals surface area contributed by atoms with E-state index in [4.69, 9.17) is 4.74 Å². The van der Waals surface area contributed by atoms with Gasteiger partial charge in [0.2, 0.25) is 5.91 Å². The van der Waals surface area contributed by atoms with Crippen LogP contribution in [0.1, 0.15) is 50.9 Å². The number of carbonyl (C=O) groups is 2. The first-order chi connectivity index (χ1) is 15.4. The summed E-state index contributed by atoms with van der Waals surface area (Å²) in [5.41, 5.74) is -2.59. The summed E-state index contributed by atoms with van der Waals surface area (Å²) >= 11 is 0. The predicted molar refractivity (Wildman–Crippen MR) is 111 cm³/mol. The number of likely N-dealkylation sites (tertiary alicyclic amines) is 1. The molecule has 1 unspecified atom stereocenters. The van der Waals surface area contributed by atoms with Gasteiger partial charge in [0.1, 0.15) is 12.2 Å². The zero-order valence-corrected chi connectivity index (χ0v) is 19.0. The Morgan fingerprint density at radius 1 is 1.30 bits per heavy atom. The van der Waals surface area contributed by atoms with Crippen molar-refractivity contribution in [1.82, 2.24) is 20.0 Å². The maximum absolute atomic E-state index is 13.5. The third-order valence-corrected chi connectivity index (χ3v) is 5.14. The Morgan fingerprint density at radius 2 is 1.97 bits per heavy atom. The van der Waals surface area contributed by atoms with Crippen LogP contribution in [-0.4, -0.2) is 65.5 Å². The van der Waals surface area contributed by atoms with Crippen molar-refractivity contribution in [3.8, 4) is 0 Å². The van der Waals surface area contributed by atoms with Crippen LogP contribution in [0.15, 0.2) is 10.9 Å². The van der Waals surface area contributed by atoms with Crippen LogP contribution in [-0.2, 0) is 26.9 Å². The van der Waals surface area contributed by atoms with E-state index in [9.17, 15) is 31.9 Å². The van der Waals surface area contributed by atoms with E-state index in [0.717, 1.165) is 4.68 Å². The topological polar surface area (TPSA) is 93.5 Å². The number of hydrogen-bond acceptors (Lipinski definition) is 6. The Bertz CT molecular complexity index is 882. The third kappa shape index (κ3) is 7.79. The molecule has 12 heteroatoms. The van der Waals surface area contributed by atoms with Gasteiger partial charge in [-0.15, -0.1) is 0 Å². The predicted octanol–water partition coefficient (Wildman–Crippen LogP) is 2.11. The Balaban J connectivity index is 2.28. The lowest BCUT2D eigenvalue weighted by Gasteiger charge is -2.34. The molecule has 1 aromatic heterocycles. The highest BCUT2D eigenvalue weighted by Gasteiger charge is 2.37. The zero-order chi connectivity index (χ0) is 24.8. The summed E-state index contributed by atoms with van der Waals surface area (Å²) in [4.78, 5) is 38.5. The Morgan fingerprint density at radius 3 is 2.52 bits per heavy atom. The van der Waals surface area contributed by atoms with Crippen molar-refractivity contribution in [2.75, 3.05) is 32.8 Å². The molecule has 1 amide bonds. The number of nitrogens with one attached hydrogen (secondary N) is 1. The summed E-state index contributed by atoms with van der Waals surface area (Å²) < 4.78 is 59.2. The second kappa shape index (κ2) is 11.6. The van der Waals surface area contributed by atoms with Crippen LogP contribution in [0, 0.1) is 5.92 Å². The summed E-state index contributed by atoms with van der Waals surface area (Å²) in [5, 5.41) is 6.48. The van der Waals surface area contributed by atoms with Crippen LogP contribution in [0.5, 0.6) is 0 Å². The summed E-state index contributed by atoms with van der Waals surface area (Å²) in [7, 11) is 0. The van der Waals surface area contributed by atoms with Gasteiger partial charge in [0.15, 0.2) is 0 Å². The van der Waals surface area contributed by atoms with E-state index in [1.807, 2.05) is 0 Å². The Kier molecular flexibility index (Phi) is 9.38. The van der Waals surface area contributed by atoms with E-state index in [1.54, 1.807) is 25.7 Å². The van der Waals surface area contributed by atoms with Crippen molar-refractivity contribution in [2.45, 2.75) is 58.4 Å². The second-order valence-corrected chi connectivity index (χ2v) is 8.38. The van der Waals surface area contributed by atoms with Crippen LogP contribution >= 0.6 is 0 Å². The lowest BCUT2D eigenvalue weighted by atomic mass is 10.0. The molecule has 2 rings (SSSR count). The van der Waals surface area contributed by atoms with Gasteiger partial charge in [-0.1, -0.05) is 13.8 Å². The number of alkyl halides is 4. The average Bonchev–Trinajstić information content (AvgIpc) is 2.68. The first-order valence-electron chi connectivity index (χ1n) is 10.9. The summed E-state index contributed by atoms with van der Waals surface area (Å²) in [6.07, 6.45) is -5.88. The molecule has 33 heavy (non-hydrogen) atoms. The van der Waals surface area contributed by atoms with Crippen molar-refractivity contribution in [2.24, 2.45) is 5.92 Å². The molecule has 1 atom stereocenters. The van der Waals surface area contributed by atoms with Gasteiger partial charge in [0.05, 0.1) is 24.3 Å². The Labute approximate surface area is 189 Å². The number of rotatable bonds is 11. The number of halogens is 4. The van der Waals surface area contributed by atoms with Gasteiger partial charge >= 0.3 is 12.1 Å². The maximum atomic E-state index is 13.5. The highest BCUT2D eigenvalue weighted by molar-refractivity contribution is 5.80. The highest BCUT2D eigenvalue weighted by Crippen LogP contribution is 2.31. The van der Waals surface area contributed by atoms with Crippen LogP contribution in [0.4, 0.5) is 17.6 Å².